The van der Waals surface area contributed by atoms with Crippen molar-refractivity contribution in [3.05, 3.63) is 23.9 Å². The minimum absolute atomic E-state index is 0.163. The first-order chi connectivity index (χ1) is 9.56. The first kappa shape index (κ1) is 14.3. The first-order valence-corrected chi connectivity index (χ1v) is 6.44. The van der Waals surface area contributed by atoms with E-state index in [2.05, 4.69) is 4.98 Å². The van der Waals surface area contributed by atoms with Crippen molar-refractivity contribution in [2.75, 3.05) is 32.2 Å². The predicted octanol–water partition coefficient (Wildman–Crippen LogP) is 1.11. The Labute approximate surface area is 117 Å². The molecule has 0 N–H and O–H groups in total. The van der Waals surface area contributed by atoms with Crippen molar-refractivity contribution in [3.8, 4) is 0 Å². The summed E-state index contributed by atoms with van der Waals surface area (Å²) in [6, 6.07) is 3.28. The lowest BCUT2D eigenvalue weighted by Gasteiger charge is -2.17. The van der Waals surface area contributed by atoms with E-state index >= 15 is 0 Å². The zero-order chi connectivity index (χ0) is 14.7. The summed E-state index contributed by atoms with van der Waals surface area (Å²) in [5.74, 6) is 0.0929. The highest BCUT2D eigenvalue weighted by molar-refractivity contribution is 5.90. The summed E-state index contributed by atoms with van der Waals surface area (Å²) in [5.41, 5.74) is 0.451. The Hall–Kier alpha value is -2.11. The minimum atomic E-state index is -0.398. The van der Waals surface area contributed by atoms with Crippen LogP contribution in [0.2, 0.25) is 0 Å². The Bertz CT molecular complexity index is 518. The summed E-state index contributed by atoms with van der Waals surface area (Å²) in [4.78, 5) is 29.4. The van der Waals surface area contributed by atoms with Gasteiger partial charge in [0.25, 0.3) is 0 Å². The monoisotopic (exact) mass is 278 g/mol. The molecule has 0 aromatic carbocycles. The maximum Gasteiger partial charge on any atom is 0.338 e. The van der Waals surface area contributed by atoms with Crippen LogP contribution in [-0.2, 0) is 14.3 Å². The van der Waals surface area contributed by atoms with Gasteiger partial charge in [-0.2, -0.15) is 0 Å². The van der Waals surface area contributed by atoms with Crippen molar-refractivity contribution in [2.45, 2.75) is 6.92 Å². The largest absolute Gasteiger partial charge is 0.469 e. The second-order valence-electron chi connectivity index (χ2n) is 4.91. The van der Waals surface area contributed by atoms with Crippen LogP contribution in [0.4, 0.5) is 5.82 Å². The number of anilines is 1. The Morgan fingerprint density at radius 3 is 2.70 bits per heavy atom. The van der Waals surface area contributed by atoms with E-state index in [0.717, 1.165) is 0 Å². The zero-order valence-electron chi connectivity index (χ0n) is 11.8. The number of carbonyl (C=O) groups is 2. The molecule has 2 rings (SSSR count). The summed E-state index contributed by atoms with van der Waals surface area (Å²) in [5, 5.41) is 0. The molecule has 1 aromatic rings. The quantitative estimate of drug-likeness (QED) is 0.772. The molecule has 0 amide bonds. The molecular weight excluding hydrogens is 260 g/mol. The molecule has 1 saturated heterocycles. The van der Waals surface area contributed by atoms with Gasteiger partial charge in [-0.1, -0.05) is 6.92 Å². The third kappa shape index (κ3) is 2.74. The van der Waals surface area contributed by atoms with Crippen LogP contribution in [0.25, 0.3) is 0 Å². The number of rotatable bonds is 3. The van der Waals surface area contributed by atoms with E-state index < -0.39 is 5.97 Å². The number of aromatic nitrogens is 1. The number of carbonyl (C=O) groups excluding carboxylic acids is 2. The Kier molecular flexibility index (Phi) is 4.22. The van der Waals surface area contributed by atoms with Crippen molar-refractivity contribution in [3.63, 3.8) is 0 Å². The van der Waals surface area contributed by atoms with E-state index in [1.54, 1.807) is 18.3 Å². The lowest BCUT2D eigenvalue weighted by atomic mass is 9.99. The average Bonchev–Trinajstić information content (AvgIpc) is 2.87. The normalized spacial score (nSPS) is 21.6. The van der Waals surface area contributed by atoms with Crippen molar-refractivity contribution in [1.29, 1.82) is 0 Å². The van der Waals surface area contributed by atoms with E-state index in [4.69, 9.17) is 9.47 Å². The van der Waals surface area contributed by atoms with Crippen LogP contribution < -0.4 is 4.90 Å². The summed E-state index contributed by atoms with van der Waals surface area (Å²) in [6.07, 6.45) is 1.57. The van der Waals surface area contributed by atoms with Gasteiger partial charge in [0.1, 0.15) is 5.82 Å². The van der Waals surface area contributed by atoms with Crippen molar-refractivity contribution in [1.82, 2.24) is 4.98 Å². The Morgan fingerprint density at radius 1 is 1.30 bits per heavy atom. The van der Waals surface area contributed by atoms with Crippen LogP contribution in [-0.4, -0.2) is 44.2 Å². The van der Waals surface area contributed by atoms with Gasteiger partial charge in [0.05, 0.1) is 25.7 Å². The molecule has 1 aliphatic heterocycles. The summed E-state index contributed by atoms with van der Waals surface area (Å²) >= 11 is 0. The van der Waals surface area contributed by atoms with Crippen LogP contribution in [0.15, 0.2) is 18.3 Å². The molecule has 0 radical (unpaired) electrons. The number of hydrogen-bond acceptors (Lipinski definition) is 6. The number of hydrogen-bond donors (Lipinski definition) is 0. The third-order valence-electron chi connectivity index (χ3n) is 3.61. The van der Waals surface area contributed by atoms with Gasteiger partial charge in [-0.15, -0.1) is 0 Å². The van der Waals surface area contributed by atoms with Crippen molar-refractivity contribution < 1.29 is 19.1 Å². The van der Waals surface area contributed by atoms with Crippen LogP contribution in [0.5, 0.6) is 0 Å². The minimum Gasteiger partial charge on any atom is -0.469 e. The molecule has 0 aliphatic carbocycles. The maximum absolute atomic E-state index is 11.7. The number of pyridine rings is 1. The Balaban J connectivity index is 2.17. The fourth-order valence-corrected chi connectivity index (χ4v) is 2.45. The fraction of sp³-hybridized carbons (Fsp3) is 0.500. The third-order valence-corrected chi connectivity index (χ3v) is 3.61. The molecule has 108 valence electrons. The molecule has 1 aromatic heterocycles. The summed E-state index contributed by atoms with van der Waals surface area (Å²) in [6.45, 7) is 3.26. The zero-order valence-corrected chi connectivity index (χ0v) is 11.8. The van der Waals surface area contributed by atoms with Crippen LogP contribution in [0, 0.1) is 11.8 Å². The van der Waals surface area contributed by atoms with E-state index in [-0.39, 0.29) is 17.8 Å². The molecular formula is C14H18N2O4. The van der Waals surface area contributed by atoms with Gasteiger partial charge in [0, 0.05) is 19.3 Å². The molecule has 0 saturated carbocycles. The van der Waals surface area contributed by atoms with E-state index in [1.165, 1.54) is 14.2 Å². The predicted molar refractivity (Wildman–Crippen MR) is 72.5 cm³/mol. The van der Waals surface area contributed by atoms with Gasteiger partial charge >= 0.3 is 11.9 Å². The molecule has 6 nitrogen and oxygen atoms in total. The lowest BCUT2D eigenvalue weighted by molar-refractivity contribution is -0.145. The molecule has 6 heteroatoms. The van der Waals surface area contributed by atoms with Crippen LogP contribution in [0.1, 0.15) is 17.3 Å². The first-order valence-electron chi connectivity index (χ1n) is 6.44. The lowest BCUT2D eigenvalue weighted by Crippen LogP contribution is -2.25. The van der Waals surface area contributed by atoms with E-state index in [9.17, 15) is 9.59 Å². The number of nitrogens with zero attached hydrogens (tertiary/aromatic N) is 2. The highest BCUT2D eigenvalue weighted by Gasteiger charge is 2.36. The highest BCUT2D eigenvalue weighted by atomic mass is 16.5. The topological polar surface area (TPSA) is 68.7 Å². The van der Waals surface area contributed by atoms with Crippen LogP contribution >= 0.6 is 0 Å². The molecule has 1 aliphatic rings. The van der Waals surface area contributed by atoms with Crippen molar-refractivity contribution >= 4 is 17.8 Å². The number of methoxy groups -OCH3 is 2. The molecule has 1 fully saturated rings. The molecule has 2 unspecified atom stereocenters. The van der Waals surface area contributed by atoms with Gasteiger partial charge in [0.15, 0.2) is 0 Å². The Morgan fingerprint density at radius 2 is 2.05 bits per heavy atom. The van der Waals surface area contributed by atoms with Crippen LogP contribution in [0.3, 0.4) is 0 Å². The number of ether oxygens (including phenoxy) is 2. The highest BCUT2D eigenvalue weighted by Crippen LogP contribution is 2.28. The summed E-state index contributed by atoms with van der Waals surface area (Å²) < 4.78 is 9.50. The average molecular weight is 278 g/mol. The van der Waals surface area contributed by atoms with E-state index in [0.29, 0.717) is 24.5 Å². The second-order valence-corrected chi connectivity index (χ2v) is 4.91. The SMILES string of the molecule is COC(=O)c1ccnc(N2CC(C)C(C(=O)OC)C2)c1. The molecule has 2 heterocycles. The standard InChI is InChI=1S/C14H18N2O4/c1-9-7-16(8-11(9)14(18)20-3)12-6-10(4-5-15-12)13(17)19-2/h4-6,9,11H,7-8H2,1-3H3. The fourth-order valence-electron chi connectivity index (χ4n) is 2.45. The second kappa shape index (κ2) is 5.90. The smallest absolute Gasteiger partial charge is 0.338 e. The summed E-state index contributed by atoms with van der Waals surface area (Å²) in [7, 11) is 2.74. The molecule has 20 heavy (non-hydrogen) atoms. The maximum atomic E-state index is 11.7. The van der Waals surface area contributed by atoms with Gasteiger partial charge in [-0.05, 0) is 18.1 Å². The van der Waals surface area contributed by atoms with Crippen molar-refractivity contribution in [2.24, 2.45) is 11.8 Å². The van der Waals surface area contributed by atoms with Gasteiger partial charge < -0.3 is 14.4 Å². The number of esters is 2. The van der Waals surface area contributed by atoms with Gasteiger partial charge in [0.2, 0.25) is 0 Å². The molecule has 0 bridgehead atoms. The van der Waals surface area contributed by atoms with Gasteiger partial charge in [-0.25, -0.2) is 9.78 Å². The molecule has 2 atom stereocenters. The van der Waals surface area contributed by atoms with Gasteiger partial charge in [-0.3, -0.25) is 4.79 Å². The van der Waals surface area contributed by atoms with E-state index in [1.807, 2.05) is 11.8 Å². The molecule has 0 spiro atoms.